The van der Waals surface area contributed by atoms with E-state index < -0.39 is 5.97 Å². The lowest BCUT2D eigenvalue weighted by Crippen LogP contribution is -2.36. The molecule has 0 amide bonds. The van der Waals surface area contributed by atoms with Gasteiger partial charge in [0, 0.05) is 29.9 Å². The van der Waals surface area contributed by atoms with Crippen LogP contribution in [0.5, 0.6) is 5.75 Å². The van der Waals surface area contributed by atoms with Gasteiger partial charge in [-0.2, -0.15) is 0 Å². The maximum atomic E-state index is 11.7. The van der Waals surface area contributed by atoms with E-state index in [-0.39, 0.29) is 12.2 Å². The Morgan fingerprint density at radius 1 is 1.18 bits per heavy atom. The number of hydrogen-bond acceptors (Lipinski definition) is 4. The molecule has 0 atom stereocenters. The van der Waals surface area contributed by atoms with Gasteiger partial charge in [-0.05, 0) is 49.2 Å². The highest BCUT2D eigenvalue weighted by Crippen LogP contribution is 2.28. The first-order valence-electron chi connectivity index (χ1n) is 9.21. The van der Waals surface area contributed by atoms with Gasteiger partial charge in [0.25, 0.3) is 0 Å². The van der Waals surface area contributed by atoms with Crippen LogP contribution in [-0.4, -0.2) is 37.4 Å². The number of hydrogen-bond donors (Lipinski definition) is 1. The minimum atomic E-state index is -0.960. The van der Waals surface area contributed by atoms with Crippen LogP contribution in [0.2, 0.25) is 5.02 Å². The Morgan fingerprint density at radius 2 is 1.93 bits per heavy atom. The van der Waals surface area contributed by atoms with Crippen LogP contribution in [0.3, 0.4) is 0 Å². The SMILES string of the molecule is CC(C)=C(C(=O)O)c1ccc(Cl)cc1COc1cccc(N2CCOCC2)c1. The van der Waals surface area contributed by atoms with Crippen LogP contribution in [-0.2, 0) is 16.1 Å². The molecule has 3 rings (SSSR count). The van der Waals surface area contributed by atoms with Crippen molar-refractivity contribution in [1.29, 1.82) is 0 Å². The van der Waals surface area contributed by atoms with E-state index in [9.17, 15) is 9.90 Å². The maximum Gasteiger partial charge on any atom is 0.336 e. The third kappa shape index (κ3) is 4.86. The van der Waals surface area contributed by atoms with Gasteiger partial charge in [0.05, 0.1) is 18.8 Å². The Hall–Kier alpha value is -2.50. The van der Waals surface area contributed by atoms with Crippen LogP contribution < -0.4 is 9.64 Å². The summed E-state index contributed by atoms with van der Waals surface area (Å²) in [7, 11) is 0. The summed E-state index contributed by atoms with van der Waals surface area (Å²) in [4.78, 5) is 14.0. The number of aliphatic carboxylic acids is 1. The van der Waals surface area contributed by atoms with Crippen LogP contribution in [0.1, 0.15) is 25.0 Å². The number of morpholine rings is 1. The van der Waals surface area contributed by atoms with E-state index >= 15 is 0 Å². The molecule has 1 heterocycles. The first kappa shape index (κ1) is 20.2. The average molecular weight is 402 g/mol. The second kappa shape index (κ2) is 9.13. The molecule has 0 unspecified atom stereocenters. The Morgan fingerprint density at radius 3 is 2.61 bits per heavy atom. The number of carboxylic acids is 1. The van der Waals surface area contributed by atoms with Gasteiger partial charge in [0.15, 0.2) is 0 Å². The summed E-state index contributed by atoms with van der Waals surface area (Å²) < 4.78 is 11.4. The third-order valence-corrected chi connectivity index (χ3v) is 4.87. The second-order valence-electron chi connectivity index (χ2n) is 6.87. The molecule has 148 valence electrons. The van der Waals surface area contributed by atoms with Crippen molar-refractivity contribution in [2.75, 3.05) is 31.2 Å². The molecule has 0 aromatic heterocycles. The molecule has 0 saturated carbocycles. The summed E-state index contributed by atoms with van der Waals surface area (Å²) in [6, 6.07) is 13.1. The monoisotopic (exact) mass is 401 g/mol. The van der Waals surface area contributed by atoms with Crippen LogP contribution >= 0.6 is 11.6 Å². The molecule has 5 nitrogen and oxygen atoms in total. The molecule has 0 bridgehead atoms. The van der Waals surface area contributed by atoms with Gasteiger partial charge in [-0.15, -0.1) is 0 Å². The Bertz CT molecular complexity index is 884. The molecule has 28 heavy (non-hydrogen) atoms. The normalized spacial score (nSPS) is 13.9. The predicted molar refractivity (Wildman–Crippen MR) is 111 cm³/mol. The molecule has 6 heteroatoms. The second-order valence-corrected chi connectivity index (χ2v) is 7.30. The summed E-state index contributed by atoms with van der Waals surface area (Å²) >= 11 is 6.15. The largest absolute Gasteiger partial charge is 0.489 e. The van der Waals surface area contributed by atoms with E-state index in [4.69, 9.17) is 21.1 Å². The summed E-state index contributed by atoms with van der Waals surface area (Å²) in [5, 5.41) is 10.2. The highest BCUT2D eigenvalue weighted by molar-refractivity contribution is 6.30. The molecular formula is C22H24ClNO4. The lowest BCUT2D eigenvalue weighted by Gasteiger charge is -2.29. The van der Waals surface area contributed by atoms with Gasteiger partial charge in [-0.1, -0.05) is 29.3 Å². The standard InChI is InChI=1S/C22H24ClNO4/c1-15(2)21(22(25)26)20-7-6-17(23)12-16(20)14-28-19-5-3-4-18(13-19)24-8-10-27-11-9-24/h3-7,12-13H,8-11,14H2,1-2H3,(H,25,26). The van der Waals surface area contributed by atoms with Crippen molar-refractivity contribution in [3.8, 4) is 5.75 Å². The fourth-order valence-electron chi connectivity index (χ4n) is 3.28. The molecule has 0 aliphatic carbocycles. The average Bonchev–Trinajstić information content (AvgIpc) is 2.68. The van der Waals surface area contributed by atoms with Gasteiger partial charge < -0.3 is 19.5 Å². The zero-order valence-electron chi connectivity index (χ0n) is 16.1. The van der Waals surface area contributed by atoms with Gasteiger partial charge in [-0.25, -0.2) is 4.79 Å². The van der Waals surface area contributed by atoms with E-state index in [1.54, 1.807) is 32.0 Å². The Balaban J connectivity index is 1.82. The summed E-state index contributed by atoms with van der Waals surface area (Å²) in [5.74, 6) is -0.234. The van der Waals surface area contributed by atoms with E-state index in [1.807, 2.05) is 18.2 Å². The highest BCUT2D eigenvalue weighted by Gasteiger charge is 2.17. The molecule has 1 N–H and O–H groups in total. The molecule has 1 aliphatic rings. The number of allylic oxidation sites excluding steroid dienone is 1. The van der Waals surface area contributed by atoms with E-state index in [0.717, 1.165) is 48.9 Å². The van der Waals surface area contributed by atoms with E-state index in [1.165, 1.54) is 0 Å². The van der Waals surface area contributed by atoms with Crippen LogP contribution in [0.4, 0.5) is 5.69 Å². The zero-order valence-corrected chi connectivity index (χ0v) is 16.8. The number of anilines is 1. The Kier molecular flexibility index (Phi) is 6.60. The fraction of sp³-hybridized carbons (Fsp3) is 0.318. The van der Waals surface area contributed by atoms with Crippen molar-refractivity contribution in [1.82, 2.24) is 0 Å². The number of benzene rings is 2. The third-order valence-electron chi connectivity index (χ3n) is 4.64. The summed E-state index contributed by atoms with van der Waals surface area (Å²) in [6.07, 6.45) is 0. The lowest BCUT2D eigenvalue weighted by atomic mass is 9.97. The minimum Gasteiger partial charge on any atom is -0.489 e. The van der Waals surface area contributed by atoms with Gasteiger partial charge >= 0.3 is 5.97 Å². The van der Waals surface area contributed by atoms with Crippen molar-refractivity contribution in [3.63, 3.8) is 0 Å². The molecule has 1 aliphatic heterocycles. The van der Waals surface area contributed by atoms with Crippen molar-refractivity contribution in [2.45, 2.75) is 20.5 Å². The smallest absolute Gasteiger partial charge is 0.336 e. The molecule has 0 spiro atoms. The number of nitrogens with zero attached hydrogens (tertiary/aromatic N) is 1. The van der Waals surface area contributed by atoms with Crippen LogP contribution in [0.25, 0.3) is 5.57 Å². The van der Waals surface area contributed by atoms with Crippen molar-refractivity contribution < 1.29 is 19.4 Å². The van der Waals surface area contributed by atoms with Crippen LogP contribution in [0, 0.1) is 0 Å². The van der Waals surface area contributed by atoms with Gasteiger partial charge in [0.2, 0.25) is 0 Å². The summed E-state index contributed by atoms with van der Waals surface area (Å²) in [6.45, 7) is 6.94. The summed E-state index contributed by atoms with van der Waals surface area (Å²) in [5.41, 5.74) is 3.45. The van der Waals surface area contributed by atoms with Crippen molar-refractivity contribution in [2.24, 2.45) is 0 Å². The fourth-order valence-corrected chi connectivity index (χ4v) is 3.47. The molecular weight excluding hydrogens is 378 g/mol. The number of carbonyl (C=O) groups is 1. The highest BCUT2D eigenvalue weighted by atomic mass is 35.5. The molecule has 0 radical (unpaired) electrons. The number of halogens is 1. The van der Waals surface area contributed by atoms with Gasteiger partial charge in [-0.3, -0.25) is 0 Å². The molecule has 1 fully saturated rings. The number of carboxylic acid groups (broad SMARTS) is 1. The first-order valence-corrected chi connectivity index (χ1v) is 9.58. The number of rotatable bonds is 6. The predicted octanol–water partition coefficient (Wildman–Crippen LogP) is 4.63. The van der Waals surface area contributed by atoms with Gasteiger partial charge in [0.1, 0.15) is 12.4 Å². The lowest BCUT2D eigenvalue weighted by molar-refractivity contribution is -0.130. The van der Waals surface area contributed by atoms with Crippen LogP contribution in [0.15, 0.2) is 48.0 Å². The minimum absolute atomic E-state index is 0.229. The molecule has 2 aromatic rings. The maximum absolute atomic E-state index is 11.7. The Labute approximate surface area is 170 Å². The zero-order chi connectivity index (χ0) is 20.1. The topological polar surface area (TPSA) is 59.0 Å². The van der Waals surface area contributed by atoms with Crippen molar-refractivity contribution in [3.05, 3.63) is 64.2 Å². The molecule has 2 aromatic carbocycles. The quantitative estimate of drug-likeness (QED) is 0.715. The number of ether oxygens (including phenoxy) is 2. The van der Waals surface area contributed by atoms with Crippen molar-refractivity contribution >= 4 is 28.8 Å². The van der Waals surface area contributed by atoms with E-state index in [0.29, 0.717) is 10.6 Å². The molecule has 1 saturated heterocycles. The first-order chi connectivity index (χ1) is 13.5. The van der Waals surface area contributed by atoms with E-state index in [2.05, 4.69) is 11.0 Å².